The van der Waals surface area contributed by atoms with Gasteiger partial charge in [-0.1, -0.05) is 25.1 Å². The maximum absolute atomic E-state index is 5.65. The first-order chi connectivity index (χ1) is 7.74. The van der Waals surface area contributed by atoms with Gasteiger partial charge in [-0.05, 0) is 26.2 Å². The van der Waals surface area contributed by atoms with Crippen molar-refractivity contribution >= 4 is 17.2 Å². The molecule has 0 aromatic heterocycles. The molecule has 0 heterocycles. The predicted molar refractivity (Wildman–Crippen MR) is 71.7 cm³/mol. The van der Waals surface area contributed by atoms with Crippen LogP contribution in [0.3, 0.4) is 0 Å². The summed E-state index contributed by atoms with van der Waals surface area (Å²) >= 11 is 5.01. The van der Waals surface area contributed by atoms with Gasteiger partial charge in [-0.2, -0.15) is 0 Å². The third-order valence-electron chi connectivity index (χ3n) is 3.14. The molecule has 0 unspecified atom stereocenters. The van der Waals surface area contributed by atoms with Crippen LogP contribution in [0.4, 0.5) is 0 Å². The number of rotatable bonds is 8. The highest BCUT2D eigenvalue weighted by Gasteiger charge is 2.22. The quantitative estimate of drug-likeness (QED) is 0.523. The third-order valence-corrected chi connectivity index (χ3v) is 3.27. The van der Waals surface area contributed by atoms with E-state index in [1.807, 2.05) is 6.92 Å². The Morgan fingerprint density at radius 1 is 1.44 bits per heavy atom. The zero-order valence-electron chi connectivity index (χ0n) is 10.3. The molecule has 0 aromatic rings. The molecule has 0 amide bonds. The number of hydrogen-bond donors (Lipinski definition) is 1. The molecule has 3 nitrogen and oxygen atoms in total. The molecule has 0 bridgehead atoms. The minimum absolute atomic E-state index is 0.614. The Morgan fingerprint density at radius 3 is 2.69 bits per heavy atom. The van der Waals surface area contributed by atoms with Crippen LogP contribution >= 0.6 is 12.2 Å². The maximum atomic E-state index is 5.65. The lowest BCUT2D eigenvalue weighted by molar-refractivity contribution is 0.126. The first kappa shape index (κ1) is 13.9. The van der Waals surface area contributed by atoms with E-state index in [1.165, 1.54) is 25.7 Å². The van der Waals surface area contributed by atoms with Crippen molar-refractivity contribution in [2.24, 2.45) is 5.73 Å². The molecule has 2 N–H and O–H groups in total. The molecular weight excluding hydrogens is 220 g/mol. The maximum Gasteiger partial charge on any atom is 0.0870 e. The van der Waals surface area contributed by atoms with Crippen molar-refractivity contribution in [1.29, 1.82) is 0 Å². The molecule has 94 valence electrons. The van der Waals surface area contributed by atoms with E-state index >= 15 is 0 Å². The Morgan fingerprint density at radius 2 is 2.12 bits per heavy atom. The summed E-state index contributed by atoms with van der Waals surface area (Å²) < 4.78 is 5.36. The van der Waals surface area contributed by atoms with Gasteiger partial charge in [0.2, 0.25) is 0 Å². The molecule has 1 aliphatic rings. The highest BCUT2D eigenvalue weighted by atomic mass is 32.1. The number of thiocarbonyl (C=S) groups is 1. The summed E-state index contributed by atoms with van der Waals surface area (Å²) in [6.07, 6.45) is 6.38. The van der Waals surface area contributed by atoms with Crippen LogP contribution in [0, 0.1) is 0 Å². The molecule has 0 radical (unpaired) electrons. The van der Waals surface area contributed by atoms with Crippen molar-refractivity contribution in [2.75, 3.05) is 26.3 Å². The van der Waals surface area contributed by atoms with Gasteiger partial charge >= 0.3 is 0 Å². The highest BCUT2D eigenvalue weighted by Crippen LogP contribution is 2.23. The van der Waals surface area contributed by atoms with E-state index < -0.39 is 0 Å². The molecule has 16 heavy (non-hydrogen) atoms. The van der Waals surface area contributed by atoms with Crippen molar-refractivity contribution < 1.29 is 4.74 Å². The second kappa shape index (κ2) is 7.98. The normalized spacial score (nSPS) is 17.1. The van der Waals surface area contributed by atoms with Gasteiger partial charge in [-0.15, -0.1) is 0 Å². The third kappa shape index (κ3) is 5.23. The molecule has 1 fully saturated rings. The van der Waals surface area contributed by atoms with Gasteiger partial charge in [0, 0.05) is 32.3 Å². The van der Waals surface area contributed by atoms with Crippen LogP contribution in [0.1, 0.15) is 39.0 Å². The van der Waals surface area contributed by atoms with E-state index in [1.54, 1.807) is 0 Å². The number of nitrogens with zero attached hydrogens (tertiary/aromatic N) is 1. The molecule has 1 aliphatic carbocycles. The van der Waals surface area contributed by atoms with Crippen molar-refractivity contribution in [3.05, 3.63) is 0 Å². The zero-order chi connectivity index (χ0) is 11.8. The van der Waals surface area contributed by atoms with Crippen LogP contribution in [0.5, 0.6) is 0 Å². The van der Waals surface area contributed by atoms with E-state index in [9.17, 15) is 0 Å². The summed E-state index contributed by atoms with van der Waals surface area (Å²) in [5.74, 6) is 0. The van der Waals surface area contributed by atoms with Gasteiger partial charge in [-0.25, -0.2) is 0 Å². The molecular formula is C12H24N2OS. The average Bonchev–Trinajstić information content (AvgIpc) is 2.75. The second-order valence-corrected chi connectivity index (χ2v) is 4.95. The van der Waals surface area contributed by atoms with Crippen LogP contribution in [0.2, 0.25) is 0 Å². The van der Waals surface area contributed by atoms with Crippen LogP contribution in [-0.4, -0.2) is 42.2 Å². The molecule has 1 saturated carbocycles. The minimum Gasteiger partial charge on any atom is -0.392 e. The van der Waals surface area contributed by atoms with Gasteiger partial charge in [0.05, 0.1) is 4.99 Å². The van der Waals surface area contributed by atoms with E-state index in [0.717, 1.165) is 32.7 Å². The Kier molecular flexibility index (Phi) is 6.92. The molecule has 0 saturated heterocycles. The van der Waals surface area contributed by atoms with Gasteiger partial charge in [0.25, 0.3) is 0 Å². The van der Waals surface area contributed by atoms with Crippen molar-refractivity contribution in [2.45, 2.75) is 45.1 Å². The summed E-state index contributed by atoms with van der Waals surface area (Å²) in [6.45, 7) is 5.51. The van der Waals surface area contributed by atoms with E-state index in [0.29, 0.717) is 11.0 Å². The van der Waals surface area contributed by atoms with Crippen molar-refractivity contribution in [3.8, 4) is 0 Å². The summed E-state index contributed by atoms with van der Waals surface area (Å²) in [5, 5.41) is 0. The number of ether oxygens (including phenoxy) is 1. The van der Waals surface area contributed by atoms with Crippen LogP contribution in [0.25, 0.3) is 0 Å². The van der Waals surface area contributed by atoms with Gasteiger partial charge in [-0.3, -0.25) is 4.90 Å². The smallest absolute Gasteiger partial charge is 0.0870 e. The summed E-state index contributed by atoms with van der Waals surface area (Å²) in [7, 11) is 0. The van der Waals surface area contributed by atoms with E-state index in [4.69, 9.17) is 22.7 Å². The molecule has 1 rings (SSSR count). The molecule has 0 aliphatic heterocycles. The van der Waals surface area contributed by atoms with Crippen molar-refractivity contribution in [3.63, 3.8) is 0 Å². The Bertz CT molecular complexity index is 205. The zero-order valence-corrected chi connectivity index (χ0v) is 11.1. The van der Waals surface area contributed by atoms with Crippen LogP contribution in [0.15, 0.2) is 0 Å². The first-order valence-electron chi connectivity index (χ1n) is 6.34. The first-order valence-corrected chi connectivity index (χ1v) is 6.75. The fourth-order valence-corrected chi connectivity index (χ4v) is 2.54. The lowest BCUT2D eigenvalue weighted by Crippen LogP contribution is -2.40. The van der Waals surface area contributed by atoms with Crippen LogP contribution < -0.4 is 5.73 Å². The van der Waals surface area contributed by atoms with Crippen molar-refractivity contribution in [1.82, 2.24) is 4.90 Å². The van der Waals surface area contributed by atoms with Gasteiger partial charge < -0.3 is 10.5 Å². The van der Waals surface area contributed by atoms with E-state index in [-0.39, 0.29) is 0 Å². The Hall–Kier alpha value is -0.190. The van der Waals surface area contributed by atoms with Crippen LogP contribution in [-0.2, 0) is 4.74 Å². The predicted octanol–water partition coefficient (Wildman–Crippen LogP) is 1.94. The summed E-state index contributed by atoms with van der Waals surface area (Å²) in [5.41, 5.74) is 5.65. The summed E-state index contributed by atoms with van der Waals surface area (Å²) in [4.78, 5) is 3.05. The summed E-state index contributed by atoms with van der Waals surface area (Å²) in [6, 6.07) is 0.697. The van der Waals surface area contributed by atoms with E-state index in [2.05, 4.69) is 4.90 Å². The monoisotopic (exact) mass is 244 g/mol. The molecule has 0 aromatic carbocycles. The highest BCUT2D eigenvalue weighted by molar-refractivity contribution is 7.80. The Labute approximate surface area is 104 Å². The number of hydrogen-bond acceptors (Lipinski definition) is 3. The standard InChI is InChI=1S/C12H24N2OS/c1-2-15-9-5-8-14(10-12(13)16)11-6-3-4-7-11/h11H,2-10H2,1H3,(H2,13,16). The molecule has 0 atom stereocenters. The van der Waals surface area contributed by atoms with Gasteiger partial charge in [0.1, 0.15) is 0 Å². The Balaban J connectivity index is 2.28. The fraction of sp³-hybridized carbons (Fsp3) is 0.917. The molecule has 4 heteroatoms. The topological polar surface area (TPSA) is 38.5 Å². The number of nitrogens with two attached hydrogens (primary N) is 1. The lowest BCUT2D eigenvalue weighted by atomic mass is 10.2. The largest absolute Gasteiger partial charge is 0.392 e. The second-order valence-electron chi connectivity index (χ2n) is 4.43. The molecule has 0 spiro atoms. The SMILES string of the molecule is CCOCCCN(CC(N)=S)C1CCCC1. The average molecular weight is 244 g/mol. The lowest BCUT2D eigenvalue weighted by Gasteiger charge is -2.28. The van der Waals surface area contributed by atoms with Gasteiger partial charge in [0.15, 0.2) is 0 Å². The fourth-order valence-electron chi connectivity index (χ4n) is 2.37. The minimum atomic E-state index is 0.614.